The lowest BCUT2D eigenvalue weighted by atomic mass is 10.2. The Morgan fingerprint density at radius 2 is 2.22 bits per heavy atom. The van der Waals surface area contributed by atoms with Gasteiger partial charge in [-0.25, -0.2) is 9.97 Å². The van der Waals surface area contributed by atoms with E-state index >= 15 is 0 Å². The van der Waals surface area contributed by atoms with Crippen molar-refractivity contribution in [3.05, 3.63) is 28.1 Å². The van der Waals surface area contributed by atoms with Crippen LogP contribution >= 0.6 is 22.6 Å². The van der Waals surface area contributed by atoms with Gasteiger partial charge in [0, 0.05) is 17.2 Å². The normalized spacial score (nSPS) is 10.6. The zero-order valence-corrected chi connectivity index (χ0v) is 12.0. The Kier molecular flexibility index (Phi) is 3.95. The predicted molar refractivity (Wildman–Crippen MR) is 77.8 cm³/mol. The van der Waals surface area contributed by atoms with Crippen LogP contribution in [0.2, 0.25) is 0 Å². The summed E-state index contributed by atoms with van der Waals surface area (Å²) in [6.45, 7) is 0.423. The number of carboxylic acids is 1. The molecule has 0 aliphatic carbocycles. The second kappa shape index (κ2) is 5.47. The summed E-state index contributed by atoms with van der Waals surface area (Å²) < 4.78 is 1.06. The maximum Gasteiger partial charge on any atom is 0.305 e. The average Bonchev–Trinajstić information content (AvgIpc) is 2.35. The summed E-state index contributed by atoms with van der Waals surface area (Å²) in [5, 5.41) is 9.68. The van der Waals surface area contributed by atoms with E-state index in [9.17, 15) is 4.79 Å². The molecule has 0 radical (unpaired) electrons. The number of halogens is 1. The molecule has 94 valence electrons. The van der Waals surface area contributed by atoms with Gasteiger partial charge >= 0.3 is 5.97 Å². The van der Waals surface area contributed by atoms with Crippen LogP contribution in [-0.2, 0) is 4.79 Å². The average molecular weight is 357 g/mol. The molecule has 0 unspecified atom stereocenters. The van der Waals surface area contributed by atoms with Crippen molar-refractivity contribution in [1.29, 1.82) is 0 Å². The lowest BCUT2D eigenvalue weighted by molar-refractivity contribution is -0.136. The van der Waals surface area contributed by atoms with Gasteiger partial charge in [0.1, 0.15) is 12.1 Å². The van der Waals surface area contributed by atoms with Gasteiger partial charge in [0.25, 0.3) is 0 Å². The second-order valence-corrected chi connectivity index (χ2v) is 5.06. The Bertz CT molecular complexity index is 583. The van der Waals surface area contributed by atoms with Gasteiger partial charge in [-0.1, -0.05) is 6.07 Å². The largest absolute Gasteiger partial charge is 0.481 e. The van der Waals surface area contributed by atoms with E-state index in [4.69, 9.17) is 5.11 Å². The number of carboxylic acid groups (broad SMARTS) is 1. The lowest BCUT2D eigenvalue weighted by Gasteiger charge is -2.19. The summed E-state index contributed by atoms with van der Waals surface area (Å²) >= 11 is 2.24. The van der Waals surface area contributed by atoms with Gasteiger partial charge in [0.05, 0.1) is 17.3 Å². The number of hydrogen-bond donors (Lipinski definition) is 1. The number of carbonyl (C=O) groups is 1. The lowest BCUT2D eigenvalue weighted by Crippen LogP contribution is -2.22. The fourth-order valence-electron chi connectivity index (χ4n) is 1.71. The van der Waals surface area contributed by atoms with E-state index in [0.717, 1.165) is 20.3 Å². The molecule has 0 atom stereocenters. The van der Waals surface area contributed by atoms with Gasteiger partial charge < -0.3 is 10.0 Å². The highest BCUT2D eigenvalue weighted by atomic mass is 127. The predicted octanol–water partition coefficient (Wildman–Crippen LogP) is 2.15. The fraction of sp³-hybridized carbons (Fsp3) is 0.250. The van der Waals surface area contributed by atoms with Gasteiger partial charge in [-0.3, -0.25) is 4.79 Å². The molecule has 2 rings (SSSR count). The molecule has 18 heavy (non-hydrogen) atoms. The van der Waals surface area contributed by atoms with Crippen molar-refractivity contribution < 1.29 is 9.90 Å². The van der Waals surface area contributed by atoms with Crippen molar-refractivity contribution >= 4 is 45.3 Å². The van der Waals surface area contributed by atoms with Crippen LogP contribution in [0.4, 0.5) is 5.82 Å². The SMILES string of the molecule is CN(CCC(=O)O)c1ncnc2cccc(I)c12. The van der Waals surface area contributed by atoms with Crippen LogP contribution in [0.15, 0.2) is 24.5 Å². The first-order valence-corrected chi connectivity index (χ1v) is 6.49. The Hall–Kier alpha value is -1.44. The maximum atomic E-state index is 10.6. The number of hydrogen-bond acceptors (Lipinski definition) is 4. The summed E-state index contributed by atoms with van der Waals surface area (Å²) in [4.78, 5) is 20.9. The summed E-state index contributed by atoms with van der Waals surface area (Å²) in [6, 6.07) is 5.85. The Morgan fingerprint density at radius 1 is 1.44 bits per heavy atom. The topological polar surface area (TPSA) is 66.3 Å². The van der Waals surface area contributed by atoms with Crippen molar-refractivity contribution in [2.75, 3.05) is 18.5 Å². The molecule has 0 amide bonds. The Morgan fingerprint density at radius 3 is 2.94 bits per heavy atom. The molecule has 0 bridgehead atoms. The molecule has 1 aromatic carbocycles. The fourth-order valence-corrected chi connectivity index (χ4v) is 2.44. The minimum Gasteiger partial charge on any atom is -0.481 e. The van der Waals surface area contributed by atoms with Crippen LogP contribution in [0.3, 0.4) is 0 Å². The molecule has 0 saturated heterocycles. The van der Waals surface area contributed by atoms with E-state index in [1.54, 1.807) is 0 Å². The molecule has 2 aromatic rings. The van der Waals surface area contributed by atoms with Crippen LogP contribution in [0.5, 0.6) is 0 Å². The molecule has 6 heteroatoms. The third kappa shape index (κ3) is 2.69. The van der Waals surface area contributed by atoms with Crippen molar-refractivity contribution in [2.24, 2.45) is 0 Å². The monoisotopic (exact) mass is 357 g/mol. The first-order valence-electron chi connectivity index (χ1n) is 5.41. The molecular formula is C12H12IN3O2. The quantitative estimate of drug-likeness (QED) is 0.850. The van der Waals surface area contributed by atoms with Crippen LogP contribution < -0.4 is 4.90 Å². The highest BCUT2D eigenvalue weighted by Crippen LogP contribution is 2.26. The smallest absolute Gasteiger partial charge is 0.305 e. The van der Waals surface area contributed by atoms with Gasteiger partial charge in [0.15, 0.2) is 0 Å². The molecule has 5 nitrogen and oxygen atoms in total. The molecule has 1 aromatic heterocycles. The van der Waals surface area contributed by atoms with Crippen LogP contribution in [-0.4, -0.2) is 34.6 Å². The summed E-state index contributed by atoms with van der Waals surface area (Å²) in [5.41, 5.74) is 0.870. The maximum absolute atomic E-state index is 10.6. The minimum atomic E-state index is -0.810. The third-order valence-corrected chi connectivity index (χ3v) is 3.51. The van der Waals surface area contributed by atoms with Crippen LogP contribution in [0.1, 0.15) is 6.42 Å². The number of rotatable bonds is 4. The zero-order chi connectivity index (χ0) is 13.1. The van der Waals surface area contributed by atoms with Crippen LogP contribution in [0, 0.1) is 3.57 Å². The first-order chi connectivity index (χ1) is 8.59. The van der Waals surface area contributed by atoms with E-state index < -0.39 is 5.97 Å². The molecule has 0 saturated carbocycles. The van der Waals surface area contributed by atoms with E-state index in [-0.39, 0.29) is 6.42 Å². The standard InChI is InChI=1S/C12H12IN3O2/c1-16(6-5-10(17)18)12-11-8(13)3-2-4-9(11)14-7-15-12/h2-4,7H,5-6H2,1H3,(H,17,18). The van der Waals surface area contributed by atoms with Crippen molar-refractivity contribution in [2.45, 2.75) is 6.42 Å². The number of fused-ring (bicyclic) bond motifs is 1. The van der Waals surface area contributed by atoms with Crippen molar-refractivity contribution in [3.63, 3.8) is 0 Å². The summed E-state index contributed by atoms with van der Waals surface area (Å²) in [7, 11) is 1.84. The van der Waals surface area contributed by atoms with E-state index in [0.29, 0.717) is 6.54 Å². The molecular weight excluding hydrogens is 345 g/mol. The highest BCUT2D eigenvalue weighted by molar-refractivity contribution is 14.1. The van der Waals surface area contributed by atoms with Crippen molar-refractivity contribution in [1.82, 2.24) is 9.97 Å². The third-order valence-electron chi connectivity index (χ3n) is 2.61. The second-order valence-electron chi connectivity index (χ2n) is 3.90. The van der Waals surface area contributed by atoms with E-state index in [2.05, 4.69) is 32.6 Å². The molecule has 0 aliphatic rings. The van der Waals surface area contributed by atoms with Crippen LogP contribution in [0.25, 0.3) is 10.9 Å². The Labute approximate surface area is 118 Å². The highest BCUT2D eigenvalue weighted by Gasteiger charge is 2.12. The molecule has 0 fully saturated rings. The number of aromatic nitrogens is 2. The molecule has 0 aliphatic heterocycles. The Balaban J connectivity index is 2.41. The van der Waals surface area contributed by atoms with Gasteiger partial charge in [-0.05, 0) is 34.7 Å². The van der Waals surface area contributed by atoms with Crippen molar-refractivity contribution in [3.8, 4) is 0 Å². The van der Waals surface area contributed by atoms with E-state index in [1.807, 2.05) is 30.1 Å². The number of aliphatic carboxylic acids is 1. The van der Waals surface area contributed by atoms with Gasteiger partial charge in [-0.15, -0.1) is 0 Å². The molecule has 0 spiro atoms. The summed E-state index contributed by atoms with van der Waals surface area (Å²) in [6.07, 6.45) is 1.59. The zero-order valence-electron chi connectivity index (χ0n) is 9.80. The molecule has 1 N–H and O–H groups in total. The number of anilines is 1. The number of benzene rings is 1. The van der Waals surface area contributed by atoms with E-state index in [1.165, 1.54) is 6.33 Å². The van der Waals surface area contributed by atoms with Gasteiger partial charge in [-0.2, -0.15) is 0 Å². The van der Waals surface area contributed by atoms with Gasteiger partial charge in [0.2, 0.25) is 0 Å². The number of nitrogens with zero attached hydrogens (tertiary/aromatic N) is 3. The molecule has 1 heterocycles. The first kappa shape index (κ1) is 13.0. The minimum absolute atomic E-state index is 0.0887. The summed E-state index contributed by atoms with van der Waals surface area (Å²) in [5.74, 6) is -0.0406.